The molecule has 5 heteroatoms. The third-order valence-electron chi connectivity index (χ3n) is 5.17. The Morgan fingerprint density at radius 1 is 1.04 bits per heavy atom. The van der Waals surface area contributed by atoms with E-state index in [0.29, 0.717) is 11.1 Å². The van der Waals surface area contributed by atoms with Gasteiger partial charge in [0, 0.05) is 36.3 Å². The molecule has 0 spiro atoms. The van der Waals surface area contributed by atoms with Crippen molar-refractivity contribution in [2.75, 3.05) is 18.0 Å². The summed E-state index contributed by atoms with van der Waals surface area (Å²) in [5.74, 6) is 0. The number of hydrogen-bond acceptors (Lipinski definition) is 4. The van der Waals surface area contributed by atoms with Crippen molar-refractivity contribution >= 4 is 33.8 Å². The van der Waals surface area contributed by atoms with Crippen LogP contribution in [-0.2, 0) is 0 Å². The van der Waals surface area contributed by atoms with Crippen LogP contribution in [0.1, 0.15) is 24.0 Å². The minimum atomic E-state index is -0.446. The van der Waals surface area contributed by atoms with Crippen molar-refractivity contribution in [2.45, 2.75) is 12.8 Å². The average molecular weight is 369 g/mol. The monoisotopic (exact) mass is 369 g/mol. The van der Waals surface area contributed by atoms with E-state index in [1.54, 1.807) is 12.1 Å². The molecule has 3 aromatic carbocycles. The summed E-state index contributed by atoms with van der Waals surface area (Å²) in [5.41, 5.74) is 3.08. The second-order valence-electron chi connectivity index (χ2n) is 6.89. The first kappa shape index (κ1) is 17.7. The molecule has 0 amide bonds. The lowest BCUT2D eigenvalue weighted by molar-refractivity contribution is -0.384. The highest BCUT2D eigenvalue weighted by atomic mass is 16.6. The number of rotatable bonds is 4. The Kier molecular flexibility index (Phi) is 4.77. The summed E-state index contributed by atoms with van der Waals surface area (Å²) >= 11 is 0. The molecule has 0 radical (unpaired) electrons. The Hall–Kier alpha value is -3.65. The first-order chi connectivity index (χ1) is 13.7. The zero-order chi connectivity index (χ0) is 19.5. The van der Waals surface area contributed by atoms with Crippen molar-refractivity contribution < 1.29 is 4.92 Å². The number of allylic oxidation sites excluding steroid dienone is 1. The van der Waals surface area contributed by atoms with Crippen molar-refractivity contribution in [1.82, 2.24) is 0 Å². The highest BCUT2D eigenvalue weighted by molar-refractivity contribution is 6.03. The number of hydrogen-bond donors (Lipinski definition) is 0. The van der Waals surface area contributed by atoms with Crippen molar-refractivity contribution in [3.05, 3.63) is 81.9 Å². The van der Waals surface area contributed by atoms with E-state index in [1.165, 1.54) is 30.7 Å². The second kappa shape index (κ2) is 7.53. The molecule has 3 aromatic rings. The van der Waals surface area contributed by atoms with Crippen LogP contribution in [0, 0.1) is 21.4 Å². The molecule has 1 aliphatic rings. The van der Waals surface area contributed by atoms with Crippen LogP contribution in [0.4, 0.5) is 11.4 Å². The smallest absolute Gasteiger partial charge is 0.270 e. The fraction of sp³-hybridized carbons (Fsp3) is 0.174. The molecular weight excluding hydrogens is 350 g/mol. The maximum Gasteiger partial charge on any atom is 0.270 e. The molecule has 138 valence electrons. The molecule has 0 bridgehead atoms. The molecule has 1 aliphatic heterocycles. The molecule has 0 N–H and O–H groups in total. The molecule has 0 saturated carbocycles. The number of nitriles is 1. The second-order valence-corrected chi connectivity index (χ2v) is 6.89. The number of fused-ring (bicyclic) bond motifs is 1. The maximum atomic E-state index is 11.1. The molecule has 1 saturated heterocycles. The van der Waals surface area contributed by atoms with E-state index in [-0.39, 0.29) is 5.69 Å². The summed E-state index contributed by atoms with van der Waals surface area (Å²) in [4.78, 5) is 13.0. The minimum Gasteiger partial charge on any atom is -0.371 e. The quantitative estimate of drug-likeness (QED) is 0.267. The number of nitro benzene ring substituents is 1. The van der Waals surface area contributed by atoms with Crippen LogP contribution in [0.3, 0.4) is 0 Å². The summed E-state index contributed by atoms with van der Waals surface area (Å²) in [6.07, 6.45) is 4.23. The van der Waals surface area contributed by atoms with Gasteiger partial charge in [-0.1, -0.05) is 42.5 Å². The van der Waals surface area contributed by atoms with Gasteiger partial charge in [-0.2, -0.15) is 5.26 Å². The fourth-order valence-corrected chi connectivity index (χ4v) is 3.79. The van der Waals surface area contributed by atoms with Crippen molar-refractivity contribution in [1.29, 1.82) is 5.26 Å². The summed E-state index contributed by atoms with van der Waals surface area (Å²) in [7, 11) is 0. The highest BCUT2D eigenvalue weighted by Gasteiger charge is 2.16. The molecular formula is C23H19N3O2. The normalized spacial score (nSPS) is 14.2. The van der Waals surface area contributed by atoms with Crippen LogP contribution in [0.15, 0.2) is 60.7 Å². The predicted octanol–water partition coefficient (Wildman–Crippen LogP) is 5.41. The average Bonchev–Trinajstić information content (AvgIpc) is 3.26. The van der Waals surface area contributed by atoms with Crippen molar-refractivity contribution in [3.8, 4) is 6.07 Å². The van der Waals surface area contributed by atoms with Crippen LogP contribution in [0.2, 0.25) is 0 Å². The van der Waals surface area contributed by atoms with Crippen molar-refractivity contribution in [3.63, 3.8) is 0 Å². The number of anilines is 1. The van der Waals surface area contributed by atoms with Gasteiger partial charge in [0.25, 0.3) is 5.69 Å². The lowest BCUT2D eigenvalue weighted by Gasteiger charge is -2.20. The van der Waals surface area contributed by atoms with E-state index in [4.69, 9.17) is 0 Å². The van der Waals surface area contributed by atoms with Crippen LogP contribution in [0.25, 0.3) is 22.4 Å². The third-order valence-corrected chi connectivity index (χ3v) is 5.17. The molecule has 1 fully saturated rings. The van der Waals surface area contributed by atoms with E-state index in [9.17, 15) is 15.4 Å². The van der Waals surface area contributed by atoms with Gasteiger partial charge >= 0.3 is 0 Å². The molecule has 5 nitrogen and oxygen atoms in total. The zero-order valence-electron chi connectivity index (χ0n) is 15.3. The number of nitrogens with zero attached hydrogens (tertiary/aromatic N) is 3. The van der Waals surface area contributed by atoms with Gasteiger partial charge in [0.15, 0.2) is 0 Å². The highest BCUT2D eigenvalue weighted by Crippen LogP contribution is 2.33. The largest absolute Gasteiger partial charge is 0.371 e. The summed E-state index contributed by atoms with van der Waals surface area (Å²) in [6.45, 7) is 2.13. The molecule has 28 heavy (non-hydrogen) atoms. The SMILES string of the molecule is N#C/C(=C/c1ccc(N2CCCC2)c2ccccc12)c1cccc([N+](=O)[O-])c1. The van der Waals surface area contributed by atoms with Crippen LogP contribution in [0.5, 0.6) is 0 Å². The van der Waals surface area contributed by atoms with Crippen LogP contribution >= 0.6 is 0 Å². The van der Waals surface area contributed by atoms with E-state index in [0.717, 1.165) is 29.4 Å². The van der Waals surface area contributed by atoms with Crippen LogP contribution in [-0.4, -0.2) is 18.0 Å². The molecule has 0 aromatic heterocycles. The van der Waals surface area contributed by atoms with Gasteiger partial charge in [0.1, 0.15) is 0 Å². The fourth-order valence-electron chi connectivity index (χ4n) is 3.79. The van der Waals surface area contributed by atoms with E-state index < -0.39 is 4.92 Å². The van der Waals surface area contributed by atoms with E-state index in [1.807, 2.05) is 24.3 Å². The Bertz CT molecular complexity index is 1120. The molecule has 1 heterocycles. The number of benzene rings is 3. The predicted molar refractivity (Wildman–Crippen MR) is 112 cm³/mol. The van der Waals surface area contributed by atoms with Gasteiger partial charge in [-0.3, -0.25) is 10.1 Å². The Morgan fingerprint density at radius 3 is 2.50 bits per heavy atom. The minimum absolute atomic E-state index is 0.0205. The summed E-state index contributed by atoms with van der Waals surface area (Å²) < 4.78 is 0. The lowest BCUT2D eigenvalue weighted by atomic mass is 9.98. The topological polar surface area (TPSA) is 70.2 Å². The number of non-ortho nitro benzene ring substituents is 1. The molecule has 0 atom stereocenters. The van der Waals surface area contributed by atoms with E-state index >= 15 is 0 Å². The summed E-state index contributed by atoms with van der Waals surface area (Å²) in [5, 5.41) is 23.0. The standard InChI is InChI=1S/C23H19N3O2/c24-16-19(17-6-5-7-20(15-17)26(27)28)14-18-10-11-23(25-12-3-4-13-25)22-9-2-1-8-21(18)22/h1-2,5-11,14-15H,3-4,12-13H2/b19-14-. The van der Waals surface area contributed by atoms with Gasteiger partial charge in [0.2, 0.25) is 0 Å². The van der Waals surface area contributed by atoms with Gasteiger partial charge in [-0.05, 0) is 41.5 Å². The first-order valence-electron chi connectivity index (χ1n) is 9.31. The van der Waals surface area contributed by atoms with Crippen LogP contribution < -0.4 is 4.90 Å². The van der Waals surface area contributed by atoms with Gasteiger partial charge < -0.3 is 4.90 Å². The molecule has 0 unspecified atom stereocenters. The maximum absolute atomic E-state index is 11.1. The zero-order valence-corrected chi connectivity index (χ0v) is 15.3. The Morgan fingerprint density at radius 2 is 1.79 bits per heavy atom. The van der Waals surface area contributed by atoms with Gasteiger partial charge in [-0.15, -0.1) is 0 Å². The lowest BCUT2D eigenvalue weighted by Crippen LogP contribution is -2.17. The van der Waals surface area contributed by atoms with Gasteiger partial charge in [-0.25, -0.2) is 0 Å². The Balaban J connectivity index is 1.82. The van der Waals surface area contributed by atoms with Crippen molar-refractivity contribution in [2.24, 2.45) is 0 Å². The van der Waals surface area contributed by atoms with Gasteiger partial charge in [0.05, 0.1) is 16.6 Å². The van der Waals surface area contributed by atoms with E-state index in [2.05, 4.69) is 29.2 Å². The first-order valence-corrected chi connectivity index (χ1v) is 9.31. The summed E-state index contributed by atoms with van der Waals surface area (Å²) in [6, 6.07) is 20.7. The molecule has 0 aliphatic carbocycles. The third kappa shape index (κ3) is 3.33. The Labute approximate surface area is 163 Å². The number of nitro groups is 1. The molecule has 4 rings (SSSR count).